The van der Waals surface area contributed by atoms with Crippen molar-refractivity contribution >= 4 is 11.3 Å². The number of aromatic nitrogens is 3. The lowest BCUT2D eigenvalue weighted by molar-refractivity contribution is 0.112. The van der Waals surface area contributed by atoms with Gasteiger partial charge < -0.3 is 9.30 Å². The molecule has 1 saturated heterocycles. The molecule has 0 bridgehead atoms. The van der Waals surface area contributed by atoms with Gasteiger partial charge in [-0.15, -0.1) is 11.3 Å². The summed E-state index contributed by atoms with van der Waals surface area (Å²) < 4.78 is 7.60. The first-order valence-electron chi connectivity index (χ1n) is 5.39. The minimum Gasteiger partial charge on any atom is -0.371 e. The molecule has 0 aromatic carbocycles. The predicted molar refractivity (Wildman–Crippen MR) is 62.2 cm³/mol. The van der Waals surface area contributed by atoms with Gasteiger partial charge in [-0.25, -0.2) is 9.97 Å². The highest BCUT2D eigenvalue weighted by atomic mass is 32.1. The van der Waals surface area contributed by atoms with Gasteiger partial charge in [-0.1, -0.05) is 0 Å². The Labute approximate surface area is 97.9 Å². The first-order valence-corrected chi connectivity index (χ1v) is 6.27. The van der Waals surface area contributed by atoms with Gasteiger partial charge in [-0.2, -0.15) is 0 Å². The summed E-state index contributed by atoms with van der Waals surface area (Å²) >= 11 is 1.66. The molecule has 0 aliphatic carbocycles. The van der Waals surface area contributed by atoms with Crippen molar-refractivity contribution in [2.24, 2.45) is 7.05 Å². The molecule has 3 heterocycles. The van der Waals surface area contributed by atoms with Crippen LogP contribution in [-0.4, -0.2) is 21.1 Å². The zero-order valence-electron chi connectivity index (χ0n) is 9.09. The molecule has 0 radical (unpaired) electrons. The molecule has 84 valence electrons. The van der Waals surface area contributed by atoms with Crippen molar-refractivity contribution in [1.29, 1.82) is 0 Å². The number of thiazole rings is 1. The summed E-state index contributed by atoms with van der Waals surface area (Å²) in [7, 11) is 1.98. The Bertz CT molecular complexity index is 485. The van der Waals surface area contributed by atoms with E-state index in [9.17, 15) is 0 Å². The number of nitrogens with zero attached hydrogens (tertiary/aromatic N) is 3. The zero-order chi connectivity index (χ0) is 11.0. The highest BCUT2D eigenvalue weighted by Gasteiger charge is 2.21. The lowest BCUT2D eigenvalue weighted by atomic mass is 10.2. The standard InChI is InChI=1S/C11H13N3OS/c1-14-5-4-12-10(14)8-7-16-11(13-8)9-3-2-6-15-9/h4-5,7,9H,2-3,6H2,1H3. The van der Waals surface area contributed by atoms with Crippen LogP contribution in [0.2, 0.25) is 0 Å². The Morgan fingerprint density at radius 3 is 3.19 bits per heavy atom. The van der Waals surface area contributed by atoms with Gasteiger partial charge in [0.2, 0.25) is 0 Å². The van der Waals surface area contributed by atoms with Crippen LogP contribution in [0, 0.1) is 0 Å². The van der Waals surface area contributed by atoms with Crippen molar-refractivity contribution < 1.29 is 4.74 Å². The molecule has 2 aromatic rings. The smallest absolute Gasteiger partial charge is 0.159 e. The molecule has 5 heteroatoms. The molecule has 1 aliphatic heterocycles. The number of ether oxygens (including phenoxy) is 1. The summed E-state index contributed by atoms with van der Waals surface area (Å²) in [6, 6.07) is 0. The van der Waals surface area contributed by atoms with Crippen LogP contribution >= 0.6 is 11.3 Å². The summed E-state index contributed by atoms with van der Waals surface area (Å²) in [5, 5.41) is 3.13. The third-order valence-corrected chi connectivity index (χ3v) is 3.71. The van der Waals surface area contributed by atoms with Crippen molar-refractivity contribution in [3.05, 3.63) is 22.8 Å². The van der Waals surface area contributed by atoms with Crippen molar-refractivity contribution in [3.8, 4) is 11.5 Å². The van der Waals surface area contributed by atoms with Gasteiger partial charge in [0.05, 0.1) is 0 Å². The van der Waals surface area contributed by atoms with E-state index in [0.717, 1.165) is 36.0 Å². The highest BCUT2D eigenvalue weighted by molar-refractivity contribution is 7.10. The maximum absolute atomic E-state index is 5.62. The van der Waals surface area contributed by atoms with Crippen molar-refractivity contribution in [1.82, 2.24) is 14.5 Å². The van der Waals surface area contributed by atoms with Gasteiger partial charge >= 0.3 is 0 Å². The monoisotopic (exact) mass is 235 g/mol. The first-order chi connectivity index (χ1) is 7.84. The van der Waals surface area contributed by atoms with Crippen LogP contribution < -0.4 is 0 Å². The number of rotatable bonds is 2. The van der Waals surface area contributed by atoms with Crippen LogP contribution in [-0.2, 0) is 11.8 Å². The van der Waals surface area contributed by atoms with E-state index in [1.165, 1.54) is 0 Å². The molecule has 0 saturated carbocycles. The van der Waals surface area contributed by atoms with E-state index < -0.39 is 0 Å². The summed E-state index contributed by atoms with van der Waals surface area (Å²) in [5.74, 6) is 0.917. The molecule has 0 N–H and O–H groups in total. The third-order valence-electron chi connectivity index (χ3n) is 2.78. The maximum Gasteiger partial charge on any atom is 0.159 e. The lowest BCUT2D eigenvalue weighted by Gasteiger charge is -2.03. The van der Waals surface area contributed by atoms with E-state index in [1.54, 1.807) is 17.5 Å². The fourth-order valence-electron chi connectivity index (χ4n) is 1.92. The Morgan fingerprint density at radius 2 is 2.50 bits per heavy atom. The Morgan fingerprint density at radius 1 is 1.56 bits per heavy atom. The molecular formula is C11H13N3OS. The van der Waals surface area contributed by atoms with E-state index in [2.05, 4.69) is 15.3 Å². The van der Waals surface area contributed by atoms with E-state index in [-0.39, 0.29) is 6.10 Å². The fourth-order valence-corrected chi connectivity index (χ4v) is 2.80. The molecule has 0 spiro atoms. The molecule has 4 nitrogen and oxygen atoms in total. The SMILES string of the molecule is Cn1ccnc1-c1csc(C2CCCO2)n1. The second-order valence-electron chi connectivity index (χ2n) is 3.93. The van der Waals surface area contributed by atoms with Crippen LogP contribution in [0.1, 0.15) is 24.0 Å². The molecule has 0 amide bonds. The van der Waals surface area contributed by atoms with Crippen LogP contribution in [0.5, 0.6) is 0 Å². The molecule has 3 rings (SSSR count). The van der Waals surface area contributed by atoms with Crippen molar-refractivity contribution in [3.63, 3.8) is 0 Å². The summed E-state index contributed by atoms with van der Waals surface area (Å²) in [6.07, 6.45) is 6.16. The molecule has 1 aliphatic rings. The molecule has 1 unspecified atom stereocenters. The highest BCUT2D eigenvalue weighted by Crippen LogP contribution is 2.32. The van der Waals surface area contributed by atoms with Crippen LogP contribution in [0.3, 0.4) is 0 Å². The first kappa shape index (κ1) is 9.99. The van der Waals surface area contributed by atoms with Crippen LogP contribution in [0.15, 0.2) is 17.8 Å². The summed E-state index contributed by atoms with van der Waals surface area (Å²) in [6.45, 7) is 0.863. The van der Waals surface area contributed by atoms with Gasteiger partial charge in [0, 0.05) is 31.4 Å². The Hall–Kier alpha value is -1.20. The average Bonchev–Trinajstić information content (AvgIpc) is 2.96. The van der Waals surface area contributed by atoms with Crippen molar-refractivity contribution in [2.45, 2.75) is 18.9 Å². The quantitative estimate of drug-likeness (QED) is 0.802. The van der Waals surface area contributed by atoms with E-state index >= 15 is 0 Å². The van der Waals surface area contributed by atoms with Crippen LogP contribution in [0.25, 0.3) is 11.5 Å². The topological polar surface area (TPSA) is 39.9 Å². The van der Waals surface area contributed by atoms with Gasteiger partial charge in [-0.3, -0.25) is 0 Å². The zero-order valence-corrected chi connectivity index (χ0v) is 9.91. The number of hydrogen-bond donors (Lipinski definition) is 0. The second kappa shape index (κ2) is 3.99. The molecule has 2 aromatic heterocycles. The molecule has 1 fully saturated rings. The van der Waals surface area contributed by atoms with E-state index in [0.29, 0.717) is 0 Å². The second-order valence-corrected chi connectivity index (χ2v) is 4.82. The van der Waals surface area contributed by atoms with Gasteiger partial charge in [0.1, 0.15) is 16.8 Å². The number of imidazole rings is 1. The fraction of sp³-hybridized carbons (Fsp3) is 0.455. The lowest BCUT2D eigenvalue weighted by Crippen LogP contribution is -1.96. The third kappa shape index (κ3) is 1.66. The van der Waals surface area contributed by atoms with Crippen LogP contribution in [0.4, 0.5) is 0 Å². The van der Waals surface area contributed by atoms with Gasteiger partial charge in [-0.05, 0) is 12.8 Å². The van der Waals surface area contributed by atoms with Gasteiger partial charge in [0.25, 0.3) is 0 Å². The molecule has 16 heavy (non-hydrogen) atoms. The largest absolute Gasteiger partial charge is 0.371 e. The average molecular weight is 235 g/mol. The van der Waals surface area contributed by atoms with E-state index in [4.69, 9.17) is 4.74 Å². The molecular weight excluding hydrogens is 222 g/mol. The predicted octanol–water partition coefficient (Wildman–Crippen LogP) is 2.40. The summed E-state index contributed by atoms with van der Waals surface area (Å²) in [4.78, 5) is 8.90. The maximum atomic E-state index is 5.62. The normalized spacial score (nSPS) is 20.4. The minimum absolute atomic E-state index is 0.207. The summed E-state index contributed by atoms with van der Waals surface area (Å²) in [5.41, 5.74) is 0.947. The number of hydrogen-bond acceptors (Lipinski definition) is 4. The Balaban J connectivity index is 1.90. The van der Waals surface area contributed by atoms with Crippen molar-refractivity contribution in [2.75, 3.05) is 6.61 Å². The Kier molecular flexibility index (Phi) is 2.49. The van der Waals surface area contributed by atoms with E-state index in [1.807, 2.05) is 17.8 Å². The molecule has 1 atom stereocenters. The number of aryl methyl sites for hydroxylation is 1. The minimum atomic E-state index is 0.207. The van der Waals surface area contributed by atoms with Gasteiger partial charge in [0.15, 0.2) is 5.82 Å².